The number of rotatable bonds is 5. The lowest BCUT2D eigenvalue weighted by Gasteiger charge is -2.02. The van der Waals surface area contributed by atoms with Crippen molar-refractivity contribution in [3.63, 3.8) is 0 Å². The molecule has 0 unspecified atom stereocenters. The van der Waals surface area contributed by atoms with E-state index in [-0.39, 0.29) is 0 Å². The van der Waals surface area contributed by atoms with Crippen LogP contribution < -0.4 is 0 Å². The highest BCUT2D eigenvalue weighted by atomic mass is 32.2. The highest BCUT2D eigenvalue weighted by Crippen LogP contribution is 2.26. The van der Waals surface area contributed by atoms with Crippen LogP contribution in [0.1, 0.15) is 14.5 Å². The second-order valence-electron chi connectivity index (χ2n) is 4.07. The molecule has 0 fully saturated rings. The van der Waals surface area contributed by atoms with Gasteiger partial charge in [0.2, 0.25) is 5.16 Å². The molecule has 2 heterocycles. The van der Waals surface area contributed by atoms with E-state index in [0.717, 1.165) is 10.6 Å². The summed E-state index contributed by atoms with van der Waals surface area (Å²) >= 11 is 2.74. The average molecular weight is 318 g/mol. The molecule has 0 aliphatic rings. The van der Waals surface area contributed by atoms with Gasteiger partial charge >= 0.3 is 5.97 Å². The van der Waals surface area contributed by atoms with E-state index in [9.17, 15) is 4.79 Å². The Balaban J connectivity index is 1.74. The summed E-state index contributed by atoms with van der Waals surface area (Å²) in [6.45, 7) is 0. The fourth-order valence-corrected chi connectivity index (χ4v) is 3.49. The van der Waals surface area contributed by atoms with Crippen molar-refractivity contribution in [3.05, 3.63) is 52.2 Å². The molecule has 3 rings (SSSR count). The summed E-state index contributed by atoms with van der Waals surface area (Å²) in [5, 5.41) is 21.3. The van der Waals surface area contributed by atoms with Crippen molar-refractivity contribution in [1.29, 1.82) is 0 Å². The van der Waals surface area contributed by atoms with E-state index in [1.807, 2.05) is 36.4 Å². The first-order chi connectivity index (χ1) is 10.2. The van der Waals surface area contributed by atoms with Crippen LogP contribution in [0.3, 0.4) is 0 Å². The van der Waals surface area contributed by atoms with Crippen LogP contribution in [-0.4, -0.2) is 31.3 Å². The number of benzene rings is 1. The Morgan fingerprint density at radius 2 is 2.05 bits per heavy atom. The van der Waals surface area contributed by atoms with Gasteiger partial charge in [0, 0.05) is 10.6 Å². The molecular formula is C13H10N4O2S2. The number of carbonyl (C=O) groups is 1. The summed E-state index contributed by atoms with van der Waals surface area (Å²) in [5.41, 5.74) is 0.891. The van der Waals surface area contributed by atoms with E-state index in [1.54, 1.807) is 10.7 Å². The highest BCUT2D eigenvalue weighted by Gasteiger charge is 2.11. The zero-order chi connectivity index (χ0) is 14.7. The second kappa shape index (κ2) is 6.06. The van der Waals surface area contributed by atoms with Crippen LogP contribution in [0.2, 0.25) is 0 Å². The number of carboxylic acid groups (broad SMARTS) is 1. The van der Waals surface area contributed by atoms with Crippen LogP contribution in [0, 0.1) is 0 Å². The number of thiophene rings is 1. The van der Waals surface area contributed by atoms with E-state index >= 15 is 0 Å². The van der Waals surface area contributed by atoms with Crippen LogP contribution in [0.15, 0.2) is 47.6 Å². The lowest BCUT2D eigenvalue weighted by Crippen LogP contribution is -1.98. The van der Waals surface area contributed by atoms with Crippen LogP contribution in [-0.2, 0) is 5.75 Å². The Bertz CT molecular complexity index is 754. The molecule has 0 radical (unpaired) electrons. The summed E-state index contributed by atoms with van der Waals surface area (Å²) in [6, 6.07) is 13.1. The van der Waals surface area contributed by atoms with Crippen molar-refractivity contribution in [2.75, 3.05) is 0 Å². The molecule has 1 N–H and O–H groups in total. The molecule has 21 heavy (non-hydrogen) atoms. The number of aromatic nitrogens is 4. The minimum atomic E-state index is -0.898. The molecule has 6 nitrogen and oxygen atoms in total. The van der Waals surface area contributed by atoms with Crippen molar-refractivity contribution >= 4 is 29.1 Å². The topological polar surface area (TPSA) is 80.9 Å². The maximum absolute atomic E-state index is 10.9. The number of hydrogen-bond donors (Lipinski definition) is 1. The van der Waals surface area contributed by atoms with E-state index in [4.69, 9.17) is 5.11 Å². The Labute approximate surface area is 128 Å². The molecule has 0 amide bonds. The smallest absolute Gasteiger partial charge is 0.345 e. The van der Waals surface area contributed by atoms with Gasteiger partial charge < -0.3 is 5.11 Å². The number of carboxylic acids is 1. The van der Waals surface area contributed by atoms with Gasteiger partial charge in [-0.15, -0.1) is 16.4 Å². The maximum atomic E-state index is 10.9. The van der Waals surface area contributed by atoms with Gasteiger partial charge in [-0.2, -0.15) is 4.68 Å². The Morgan fingerprint density at radius 1 is 1.24 bits per heavy atom. The summed E-state index contributed by atoms with van der Waals surface area (Å²) in [6.07, 6.45) is 0. The predicted octanol–water partition coefficient (Wildman–Crippen LogP) is 2.71. The standard InChI is InChI=1S/C13H10N4O2S2/c18-12(19)11-7-6-10(21-11)8-20-13-14-15-16-17(13)9-4-2-1-3-5-9/h1-7H,8H2,(H,18,19). The van der Waals surface area contributed by atoms with Crippen molar-refractivity contribution < 1.29 is 9.90 Å². The molecule has 8 heteroatoms. The van der Waals surface area contributed by atoms with Crippen molar-refractivity contribution in [2.45, 2.75) is 10.9 Å². The summed E-state index contributed by atoms with van der Waals surface area (Å²) < 4.78 is 1.66. The van der Waals surface area contributed by atoms with Crippen molar-refractivity contribution in [3.8, 4) is 5.69 Å². The lowest BCUT2D eigenvalue weighted by molar-refractivity contribution is 0.0702. The highest BCUT2D eigenvalue weighted by molar-refractivity contribution is 7.98. The molecule has 0 spiro atoms. The van der Waals surface area contributed by atoms with Gasteiger partial charge in [0.05, 0.1) is 5.69 Å². The summed E-state index contributed by atoms with van der Waals surface area (Å²) in [5.74, 6) is -0.268. The molecule has 2 aromatic heterocycles. The van der Waals surface area contributed by atoms with E-state index in [2.05, 4.69) is 15.5 Å². The SMILES string of the molecule is O=C(O)c1ccc(CSc2nnnn2-c2ccccc2)s1. The van der Waals surface area contributed by atoms with Crippen LogP contribution in [0.4, 0.5) is 0 Å². The quantitative estimate of drug-likeness (QED) is 0.729. The van der Waals surface area contributed by atoms with E-state index in [1.165, 1.54) is 23.1 Å². The zero-order valence-electron chi connectivity index (χ0n) is 10.7. The summed E-state index contributed by atoms with van der Waals surface area (Å²) in [7, 11) is 0. The summed E-state index contributed by atoms with van der Waals surface area (Å²) in [4.78, 5) is 12.2. The first kappa shape index (κ1) is 13.8. The van der Waals surface area contributed by atoms with Gasteiger partial charge in [0.15, 0.2) is 0 Å². The normalized spacial score (nSPS) is 10.7. The van der Waals surface area contributed by atoms with E-state index in [0.29, 0.717) is 15.8 Å². The number of aromatic carboxylic acids is 1. The fourth-order valence-electron chi connectivity index (χ4n) is 1.71. The average Bonchev–Trinajstić information content (AvgIpc) is 3.15. The number of para-hydroxylation sites is 1. The van der Waals surface area contributed by atoms with Crippen LogP contribution >= 0.6 is 23.1 Å². The molecular weight excluding hydrogens is 308 g/mol. The molecule has 0 aliphatic carbocycles. The van der Waals surface area contributed by atoms with Gasteiger partial charge in [0.1, 0.15) is 4.88 Å². The molecule has 0 bridgehead atoms. The van der Waals surface area contributed by atoms with Gasteiger partial charge in [-0.25, -0.2) is 4.79 Å². The van der Waals surface area contributed by atoms with E-state index < -0.39 is 5.97 Å². The monoisotopic (exact) mass is 318 g/mol. The molecule has 0 aliphatic heterocycles. The molecule has 3 aromatic rings. The molecule has 0 saturated carbocycles. The number of nitrogens with zero attached hydrogens (tertiary/aromatic N) is 4. The fraction of sp³-hybridized carbons (Fsp3) is 0.0769. The van der Waals surface area contributed by atoms with Crippen LogP contribution in [0.25, 0.3) is 5.69 Å². The van der Waals surface area contributed by atoms with Gasteiger partial charge in [0.25, 0.3) is 0 Å². The largest absolute Gasteiger partial charge is 0.477 e. The van der Waals surface area contributed by atoms with Crippen molar-refractivity contribution in [1.82, 2.24) is 20.2 Å². The number of thioether (sulfide) groups is 1. The third-order valence-electron chi connectivity index (χ3n) is 2.66. The Hall–Kier alpha value is -2.19. The Kier molecular flexibility index (Phi) is 3.98. The lowest BCUT2D eigenvalue weighted by atomic mass is 10.3. The predicted molar refractivity (Wildman–Crippen MR) is 80.0 cm³/mol. The maximum Gasteiger partial charge on any atom is 0.345 e. The first-order valence-electron chi connectivity index (χ1n) is 6.02. The van der Waals surface area contributed by atoms with Crippen LogP contribution in [0.5, 0.6) is 0 Å². The van der Waals surface area contributed by atoms with Gasteiger partial charge in [-0.1, -0.05) is 30.0 Å². The minimum absolute atomic E-state index is 0.341. The number of hydrogen-bond acceptors (Lipinski definition) is 6. The zero-order valence-corrected chi connectivity index (χ0v) is 12.3. The minimum Gasteiger partial charge on any atom is -0.477 e. The molecule has 0 atom stereocenters. The van der Waals surface area contributed by atoms with Gasteiger partial charge in [-0.05, 0) is 34.7 Å². The molecule has 106 valence electrons. The third-order valence-corrected chi connectivity index (χ3v) is 4.88. The van der Waals surface area contributed by atoms with Gasteiger partial charge in [-0.3, -0.25) is 0 Å². The third kappa shape index (κ3) is 3.11. The number of tetrazole rings is 1. The van der Waals surface area contributed by atoms with Crippen molar-refractivity contribution in [2.24, 2.45) is 0 Å². The second-order valence-corrected chi connectivity index (χ2v) is 6.18. The first-order valence-corrected chi connectivity index (χ1v) is 7.83. The molecule has 0 saturated heterocycles. The molecule has 1 aromatic carbocycles. The Morgan fingerprint density at radius 3 is 2.76 bits per heavy atom.